The number of aryl methyl sites for hydroxylation is 3. The van der Waals surface area contributed by atoms with Crippen molar-refractivity contribution in [1.82, 2.24) is 19.9 Å². The second-order valence-corrected chi connectivity index (χ2v) is 15.2. The van der Waals surface area contributed by atoms with Crippen LogP contribution in [0.1, 0.15) is 138 Å². The molecule has 0 saturated heterocycles. The summed E-state index contributed by atoms with van der Waals surface area (Å²) in [5, 5.41) is 10.1. The molecule has 2 amide bonds. The number of amides is 2. The van der Waals surface area contributed by atoms with Gasteiger partial charge in [-0.1, -0.05) is 55.5 Å². The number of aromatic nitrogens is 4. The monoisotopic (exact) mass is 782 g/mol. The van der Waals surface area contributed by atoms with Gasteiger partial charge in [0, 0.05) is 11.1 Å². The van der Waals surface area contributed by atoms with Crippen LogP contribution in [-0.4, -0.2) is 54.9 Å². The fraction of sp³-hybridized carbons (Fsp3) is 0.442. The number of alkyl halides is 2. The van der Waals surface area contributed by atoms with E-state index in [0.29, 0.717) is 54.7 Å². The number of benzene rings is 2. The van der Waals surface area contributed by atoms with Gasteiger partial charge in [0.05, 0.1) is 40.8 Å². The predicted molar refractivity (Wildman–Crippen MR) is 207 cm³/mol. The summed E-state index contributed by atoms with van der Waals surface area (Å²) < 4.78 is 32.7. The minimum Gasteiger partial charge on any atom is -0.481 e. The second-order valence-electron chi connectivity index (χ2n) is 15.2. The summed E-state index contributed by atoms with van der Waals surface area (Å²) in [6, 6.07) is 15.6. The van der Waals surface area contributed by atoms with E-state index in [1.165, 1.54) is 5.56 Å². The zero-order chi connectivity index (χ0) is 41.0. The molecule has 2 aromatic heterocycles. The van der Waals surface area contributed by atoms with Crippen LogP contribution in [0, 0.1) is 25.7 Å². The first kappa shape index (κ1) is 41.0. The fourth-order valence-corrected chi connectivity index (χ4v) is 8.48. The third-order valence-corrected chi connectivity index (χ3v) is 11.6. The third kappa shape index (κ3) is 9.32. The van der Waals surface area contributed by atoms with E-state index in [0.717, 1.165) is 42.5 Å². The lowest BCUT2D eigenvalue weighted by molar-refractivity contribution is -0.158. The molecule has 0 spiro atoms. The molecule has 57 heavy (non-hydrogen) atoms. The van der Waals surface area contributed by atoms with E-state index in [2.05, 4.69) is 32.1 Å². The van der Waals surface area contributed by atoms with Crippen LogP contribution in [-0.2, 0) is 20.7 Å². The van der Waals surface area contributed by atoms with Crippen molar-refractivity contribution in [2.45, 2.75) is 109 Å². The number of carboxylic acid groups (broad SMARTS) is 1. The summed E-state index contributed by atoms with van der Waals surface area (Å²) in [7, 11) is 0. The number of carbonyl (C=O) groups excluding carboxylic acids is 3. The number of primary amides is 2. The van der Waals surface area contributed by atoms with Gasteiger partial charge in [0.15, 0.2) is 5.69 Å². The van der Waals surface area contributed by atoms with Crippen LogP contribution >= 0.6 is 0 Å². The largest absolute Gasteiger partial charge is 0.481 e. The lowest BCUT2D eigenvalue weighted by Gasteiger charge is -2.33. The number of hydrogen-bond acceptors (Lipinski definition) is 9. The van der Waals surface area contributed by atoms with Gasteiger partial charge in [-0.05, 0) is 101 Å². The molecule has 14 heteroatoms. The zero-order valence-corrected chi connectivity index (χ0v) is 32.3. The lowest BCUT2D eigenvalue weighted by Crippen LogP contribution is -2.31. The van der Waals surface area contributed by atoms with Gasteiger partial charge in [-0.25, -0.2) is 23.7 Å². The van der Waals surface area contributed by atoms with E-state index in [9.17, 15) is 33.1 Å². The van der Waals surface area contributed by atoms with E-state index in [-0.39, 0.29) is 41.7 Å². The molecule has 0 aliphatic heterocycles. The van der Waals surface area contributed by atoms with Crippen molar-refractivity contribution >= 4 is 23.8 Å². The first-order chi connectivity index (χ1) is 27.2. The number of rotatable bonds is 13. The molecule has 2 aliphatic rings. The van der Waals surface area contributed by atoms with Crippen LogP contribution in [0.2, 0.25) is 0 Å². The van der Waals surface area contributed by atoms with Crippen LogP contribution < -0.4 is 11.5 Å². The SMILES string of the molecule is CCc1nc(C)c(C(N)=O)nc1-c1ccc(C2CCC(OC(=O)CC(C(=O)O)C3CCC(c4ccc(-c5nc(C(N)=O)c(C(F)F)nc5C)cc4)CC3)CC2)cc1. The van der Waals surface area contributed by atoms with Crippen molar-refractivity contribution < 1.29 is 37.8 Å². The molecule has 12 nitrogen and oxygen atoms in total. The molecule has 6 rings (SSSR count). The number of hydrogen-bond donors (Lipinski definition) is 3. The number of ether oxygens (including phenoxy) is 1. The quantitative estimate of drug-likeness (QED) is 0.114. The van der Waals surface area contributed by atoms with E-state index in [4.69, 9.17) is 16.2 Å². The Labute approximate surface area is 329 Å². The van der Waals surface area contributed by atoms with E-state index >= 15 is 0 Å². The highest BCUT2D eigenvalue weighted by Gasteiger charge is 2.35. The summed E-state index contributed by atoms with van der Waals surface area (Å²) in [6.07, 6.45) is 3.04. The number of esters is 1. The summed E-state index contributed by atoms with van der Waals surface area (Å²) in [5.41, 5.74) is 15.9. The Morgan fingerprint density at radius 3 is 1.72 bits per heavy atom. The Morgan fingerprint density at radius 1 is 0.719 bits per heavy atom. The van der Waals surface area contributed by atoms with Crippen molar-refractivity contribution in [3.05, 3.63) is 93.8 Å². The van der Waals surface area contributed by atoms with Crippen molar-refractivity contribution in [1.29, 1.82) is 0 Å². The molecule has 4 aromatic rings. The highest BCUT2D eigenvalue weighted by atomic mass is 19.3. The minimum absolute atomic E-state index is 0.163. The average Bonchev–Trinajstić information content (AvgIpc) is 3.20. The molecule has 2 fully saturated rings. The van der Waals surface area contributed by atoms with Gasteiger partial charge in [-0.2, -0.15) is 0 Å². The maximum Gasteiger partial charge on any atom is 0.307 e. The third-order valence-electron chi connectivity index (χ3n) is 11.6. The van der Waals surface area contributed by atoms with Crippen molar-refractivity contribution in [3.63, 3.8) is 0 Å². The number of carbonyl (C=O) groups is 4. The van der Waals surface area contributed by atoms with Gasteiger partial charge < -0.3 is 21.3 Å². The van der Waals surface area contributed by atoms with Crippen molar-refractivity contribution in [3.8, 4) is 22.5 Å². The second kappa shape index (κ2) is 17.6. The molecule has 2 saturated carbocycles. The Morgan fingerprint density at radius 2 is 1.23 bits per heavy atom. The van der Waals surface area contributed by atoms with Crippen molar-refractivity contribution in [2.75, 3.05) is 0 Å². The van der Waals surface area contributed by atoms with Crippen LogP contribution in [0.15, 0.2) is 48.5 Å². The molecule has 0 radical (unpaired) electrons. The van der Waals surface area contributed by atoms with E-state index in [1.807, 2.05) is 31.2 Å². The fourth-order valence-electron chi connectivity index (χ4n) is 8.48. The van der Waals surface area contributed by atoms with Crippen LogP contribution in [0.5, 0.6) is 0 Å². The molecule has 2 heterocycles. The van der Waals surface area contributed by atoms with Crippen LogP contribution in [0.4, 0.5) is 8.78 Å². The predicted octanol–water partition coefficient (Wildman–Crippen LogP) is 7.55. The van der Waals surface area contributed by atoms with Gasteiger partial charge in [-0.3, -0.25) is 24.2 Å². The first-order valence-corrected chi connectivity index (χ1v) is 19.5. The van der Waals surface area contributed by atoms with Crippen molar-refractivity contribution in [2.24, 2.45) is 23.3 Å². The minimum atomic E-state index is -2.99. The smallest absolute Gasteiger partial charge is 0.307 e. The summed E-state index contributed by atoms with van der Waals surface area (Å²) in [6.45, 7) is 5.26. The highest BCUT2D eigenvalue weighted by Crippen LogP contribution is 2.41. The topological polar surface area (TPSA) is 201 Å². The molecule has 1 atom stereocenters. The van der Waals surface area contributed by atoms with Gasteiger partial charge in [0.1, 0.15) is 17.5 Å². The van der Waals surface area contributed by atoms with Crippen LogP contribution in [0.25, 0.3) is 22.5 Å². The molecule has 2 aliphatic carbocycles. The summed E-state index contributed by atoms with van der Waals surface area (Å²) >= 11 is 0. The average molecular weight is 783 g/mol. The van der Waals surface area contributed by atoms with Gasteiger partial charge in [-0.15, -0.1) is 0 Å². The Balaban J connectivity index is 0.995. The van der Waals surface area contributed by atoms with E-state index in [1.54, 1.807) is 26.0 Å². The molecule has 2 aromatic carbocycles. The summed E-state index contributed by atoms with van der Waals surface area (Å²) in [4.78, 5) is 66.3. The highest BCUT2D eigenvalue weighted by molar-refractivity contribution is 5.93. The first-order valence-electron chi connectivity index (χ1n) is 19.5. The number of carboxylic acids is 1. The molecular formula is C43H48F2N6O6. The number of nitrogens with zero attached hydrogens (tertiary/aromatic N) is 4. The summed E-state index contributed by atoms with van der Waals surface area (Å²) in [5.74, 6) is -3.69. The molecule has 1 unspecified atom stereocenters. The maximum atomic E-state index is 13.4. The molecule has 0 bridgehead atoms. The standard InChI is InChI=1S/C43H48F2N6O6/c1-4-33-37(51-36(41(46)53)23(3)48-33)30-15-9-26(10-16-30)27-17-19-31(20-18-27)57-34(52)21-32(43(55)56)28-11-5-24(6-12-28)25-7-13-29(14-8-25)35-22(2)49-38(40(44)45)39(50-35)42(47)54/h7-10,13-16,24,27-28,31-32,40H,4-6,11-12,17-21H2,1-3H3,(H2,46,53)(H2,47,54)(H,55,56). The Hall–Kier alpha value is -5.66. The van der Waals surface area contributed by atoms with Gasteiger partial charge in [0.25, 0.3) is 18.2 Å². The van der Waals surface area contributed by atoms with Crippen LogP contribution in [0.3, 0.4) is 0 Å². The lowest BCUT2D eigenvalue weighted by atomic mass is 9.73. The number of nitrogens with two attached hydrogens (primary N) is 2. The number of aliphatic carboxylic acids is 1. The van der Waals surface area contributed by atoms with E-state index < -0.39 is 47.5 Å². The molecular weight excluding hydrogens is 735 g/mol. The maximum absolute atomic E-state index is 13.4. The molecule has 300 valence electrons. The van der Waals surface area contributed by atoms with Gasteiger partial charge in [0.2, 0.25) is 0 Å². The number of halogens is 2. The normalized spacial score (nSPS) is 20.2. The Kier molecular flexibility index (Phi) is 12.7. The van der Waals surface area contributed by atoms with Gasteiger partial charge >= 0.3 is 11.9 Å². The Bertz CT molecular complexity index is 2130. The zero-order valence-electron chi connectivity index (χ0n) is 32.3. The molecule has 5 N–H and O–H groups in total.